The van der Waals surface area contributed by atoms with E-state index in [4.69, 9.17) is 0 Å². The van der Waals surface area contributed by atoms with E-state index in [2.05, 4.69) is 35.9 Å². The second-order valence-corrected chi connectivity index (χ2v) is 6.23. The van der Waals surface area contributed by atoms with E-state index in [0.717, 1.165) is 19.4 Å². The summed E-state index contributed by atoms with van der Waals surface area (Å²) in [6.07, 6.45) is 3.29. The molecule has 1 aliphatic rings. The highest BCUT2D eigenvalue weighted by molar-refractivity contribution is 7.10. The molecular formula is C14H22N2OS. The molecule has 0 radical (unpaired) electrons. The zero-order valence-corrected chi connectivity index (χ0v) is 11.9. The van der Waals surface area contributed by atoms with Crippen molar-refractivity contribution in [1.82, 2.24) is 10.6 Å². The van der Waals surface area contributed by atoms with E-state index in [0.29, 0.717) is 5.92 Å². The summed E-state index contributed by atoms with van der Waals surface area (Å²) >= 11 is 1.71. The topological polar surface area (TPSA) is 41.1 Å². The van der Waals surface area contributed by atoms with Gasteiger partial charge in [0.2, 0.25) is 5.91 Å². The van der Waals surface area contributed by atoms with Crippen molar-refractivity contribution < 1.29 is 4.79 Å². The lowest BCUT2D eigenvalue weighted by Gasteiger charge is -2.27. The Morgan fingerprint density at radius 1 is 1.50 bits per heavy atom. The van der Waals surface area contributed by atoms with Crippen LogP contribution in [0.3, 0.4) is 0 Å². The van der Waals surface area contributed by atoms with Crippen molar-refractivity contribution in [2.24, 2.45) is 5.92 Å². The third-order valence-corrected chi connectivity index (χ3v) is 4.40. The Balaban J connectivity index is 1.98. The molecule has 0 aromatic carbocycles. The number of hydrogen-bond donors (Lipinski definition) is 2. The van der Waals surface area contributed by atoms with Crippen molar-refractivity contribution in [3.05, 3.63) is 22.4 Å². The molecule has 2 rings (SSSR count). The van der Waals surface area contributed by atoms with Gasteiger partial charge in [0.15, 0.2) is 0 Å². The minimum Gasteiger partial charge on any atom is -0.347 e. The first-order valence-corrected chi connectivity index (χ1v) is 7.63. The van der Waals surface area contributed by atoms with Gasteiger partial charge in [-0.15, -0.1) is 11.3 Å². The maximum Gasteiger partial charge on any atom is 0.237 e. The average molecular weight is 266 g/mol. The summed E-state index contributed by atoms with van der Waals surface area (Å²) in [5, 5.41) is 8.56. The van der Waals surface area contributed by atoms with Gasteiger partial charge < -0.3 is 10.6 Å². The van der Waals surface area contributed by atoms with Crippen molar-refractivity contribution >= 4 is 17.2 Å². The molecule has 2 N–H and O–H groups in total. The molecule has 1 aliphatic heterocycles. The Morgan fingerprint density at radius 3 is 2.89 bits per heavy atom. The summed E-state index contributed by atoms with van der Waals surface area (Å²) in [5.74, 6) is 0.568. The largest absolute Gasteiger partial charge is 0.347 e. The van der Waals surface area contributed by atoms with Crippen LogP contribution >= 0.6 is 11.3 Å². The third kappa shape index (κ3) is 3.33. The van der Waals surface area contributed by atoms with Crippen molar-refractivity contribution in [3.8, 4) is 0 Å². The van der Waals surface area contributed by atoms with Crippen LogP contribution in [-0.4, -0.2) is 18.5 Å². The van der Waals surface area contributed by atoms with E-state index in [9.17, 15) is 4.79 Å². The molecule has 18 heavy (non-hydrogen) atoms. The number of rotatable bonds is 4. The quantitative estimate of drug-likeness (QED) is 0.880. The molecule has 1 saturated heterocycles. The highest BCUT2D eigenvalue weighted by Gasteiger charge is 2.25. The third-order valence-electron chi connectivity index (χ3n) is 3.44. The molecule has 2 heterocycles. The summed E-state index contributed by atoms with van der Waals surface area (Å²) in [6.45, 7) is 5.27. The lowest BCUT2D eigenvalue weighted by atomic mass is 10.00. The first kappa shape index (κ1) is 13.6. The molecule has 0 spiro atoms. The lowest BCUT2D eigenvalue weighted by Crippen LogP contribution is -2.48. The predicted molar refractivity (Wildman–Crippen MR) is 75.7 cm³/mol. The normalized spacial score (nSPS) is 21.8. The molecule has 3 nitrogen and oxygen atoms in total. The molecule has 1 amide bonds. The molecule has 1 unspecified atom stereocenters. The van der Waals surface area contributed by atoms with Gasteiger partial charge in [0.05, 0.1) is 12.1 Å². The fraction of sp³-hybridized carbons (Fsp3) is 0.643. The average Bonchev–Trinajstić information content (AvgIpc) is 2.90. The second-order valence-electron chi connectivity index (χ2n) is 5.25. The van der Waals surface area contributed by atoms with Crippen molar-refractivity contribution in [1.29, 1.82) is 0 Å². The second kappa shape index (κ2) is 6.34. The molecule has 0 bridgehead atoms. The summed E-state index contributed by atoms with van der Waals surface area (Å²) in [7, 11) is 0. The van der Waals surface area contributed by atoms with Gasteiger partial charge in [-0.1, -0.05) is 26.3 Å². The van der Waals surface area contributed by atoms with Crippen LogP contribution in [0.15, 0.2) is 17.5 Å². The first-order chi connectivity index (χ1) is 8.68. The molecule has 1 aromatic rings. The number of amides is 1. The summed E-state index contributed by atoms with van der Waals surface area (Å²) < 4.78 is 0. The smallest absolute Gasteiger partial charge is 0.237 e. The number of carbonyl (C=O) groups excluding carboxylic acids is 1. The van der Waals surface area contributed by atoms with Crippen LogP contribution in [0.25, 0.3) is 0 Å². The van der Waals surface area contributed by atoms with Gasteiger partial charge >= 0.3 is 0 Å². The molecule has 4 heteroatoms. The molecule has 0 aliphatic carbocycles. The van der Waals surface area contributed by atoms with E-state index >= 15 is 0 Å². The fourth-order valence-electron chi connectivity index (χ4n) is 2.36. The molecule has 1 aromatic heterocycles. The lowest BCUT2D eigenvalue weighted by molar-refractivity contribution is -0.124. The number of nitrogens with one attached hydrogen (secondary N) is 2. The van der Waals surface area contributed by atoms with Gasteiger partial charge in [-0.3, -0.25) is 4.79 Å². The van der Waals surface area contributed by atoms with Gasteiger partial charge in [-0.25, -0.2) is 0 Å². The van der Waals surface area contributed by atoms with E-state index in [1.54, 1.807) is 11.3 Å². The molecular weight excluding hydrogens is 244 g/mol. The standard InChI is InChI=1S/C14H22N2OS/c1-10(2)13(12-7-5-9-18-12)16-14(17)11-6-3-4-8-15-11/h5,7,9-11,13,15H,3-4,6,8H2,1-2H3,(H,16,17)/t11-,13?/m0/s1. The van der Waals surface area contributed by atoms with Crippen molar-refractivity contribution in [3.63, 3.8) is 0 Å². The van der Waals surface area contributed by atoms with E-state index in [-0.39, 0.29) is 18.0 Å². The van der Waals surface area contributed by atoms with E-state index in [1.165, 1.54) is 11.3 Å². The Kier molecular flexibility index (Phi) is 4.78. The van der Waals surface area contributed by atoms with Gasteiger partial charge in [0.25, 0.3) is 0 Å². The summed E-state index contributed by atoms with van der Waals surface area (Å²) in [4.78, 5) is 13.5. The van der Waals surface area contributed by atoms with Crippen LogP contribution in [0, 0.1) is 5.92 Å². The van der Waals surface area contributed by atoms with Crippen LogP contribution in [0.2, 0.25) is 0 Å². The van der Waals surface area contributed by atoms with Crippen LogP contribution in [-0.2, 0) is 4.79 Å². The maximum absolute atomic E-state index is 12.2. The Labute approximate surface area is 113 Å². The maximum atomic E-state index is 12.2. The van der Waals surface area contributed by atoms with Crippen LogP contribution in [0.5, 0.6) is 0 Å². The predicted octanol–water partition coefficient (Wildman–Crippen LogP) is 2.70. The summed E-state index contributed by atoms with van der Waals surface area (Å²) in [6, 6.07) is 4.28. The zero-order chi connectivity index (χ0) is 13.0. The fourth-order valence-corrected chi connectivity index (χ4v) is 3.31. The molecule has 2 atom stereocenters. The van der Waals surface area contributed by atoms with Crippen molar-refractivity contribution in [2.45, 2.75) is 45.2 Å². The molecule has 0 saturated carbocycles. The Hall–Kier alpha value is -0.870. The molecule has 1 fully saturated rings. The Morgan fingerprint density at radius 2 is 2.33 bits per heavy atom. The van der Waals surface area contributed by atoms with Crippen LogP contribution in [0.4, 0.5) is 0 Å². The highest BCUT2D eigenvalue weighted by atomic mass is 32.1. The van der Waals surface area contributed by atoms with E-state index in [1.807, 2.05) is 6.07 Å². The van der Waals surface area contributed by atoms with Gasteiger partial charge in [0.1, 0.15) is 0 Å². The van der Waals surface area contributed by atoms with Crippen LogP contribution in [0.1, 0.15) is 44.0 Å². The number of hydrogen-bond acceptors (Lipinski definition) is 3. The molecule has 100 valence electrons. The van der Waals surface area contributed by atoms with Gasteiger partial charge in [0, 0.05) is 4.88 Å². The SMILES string of the molecule is CC(C)C(NC(=O)[C@@H]1CCCCN1)c1cccs1. The monoisotopic (exact) mass is 266 g/mol. The highest BCUT2D eigenvalue weighted by Crippen LogP contribution is 2.26. The number of carbonyl (C=O) groups is 1. The van der Waals surface area contributed by atoms with Crippen LogP contribution < -0.4 is 10.6 Å². The van der Waals surface area contributed by atoms with Gasteiger partial charge in [-0.2, -0.15) is 0 Å². The van der Waals surface area contributed by atoms with Crippen molar-refractivity contribution in [2.75, 3.05) is 6.54 Å². The number of piperidine rings is 1. The van der Waals surface area contributed by atoms with Gasteiger partial charge in [-0.05, 0) is 36.8 Å². The number of thiophene rings is 1. The zero-order valence-electron chi connectivity index (χ0n) is 11.1. The minimum atomic E-state index is -0.0000350. The Bertz CT molecular complexity index is 369. The summed E-state index contributed by atoms with van der Waals surface area (Å²) in [5.41, 5.74) is 0. The van der Waals surface area contributed by atoms with E-state index < -0.39 is 0 Å². The first-order valence-electron chi connectivity index (χ1n) is 6.75. The minimum absolute atomic E-state index is 0.0000350.